The Morgan fingerprint density at radius 2 is 2.10 bits per heavy atom. The van der Waals surface area contributed by atoms with Gasteiger partial charge in [0.1, 0.15) is 0 Å². The van der Waals surface area contributed by atoms with Gasteiger partial charge in [0.05, 0.1) is 10.2 Å². The number of anilines is 1. The van der Waals surface area contributed by atoms with E-state index >= 15 is 0 Å². The van der Waals surface area contributed by atoms with Crippen molar-refractivity contribution >= 4 is 44.2 Å². The largest absolute Gasteiger partial charge is 0.505 e. The highest BCUT2D eigenvalue weighted by Crippen LogP contribution is 2.32. The fourth-order valence-corrected chi connectivity index (χ4v) is 1.34. The van der Waals surface area contributed by atoms with Crippen molar-refractivity contribution in [3.05, 3.63) is 20.2 Å². The second-order valence-electron chi connectivity index (χ2n) is 1.79. The van der Waals surface area contributed by atoms with Crippen LogP contribution < -0.4 is 5.73 Å². The molecule has 1 aromatic rings. The minimum atomic E-state index is 0.118. The van der Waals surface area contributed by atoms with Gasteiger partial charge in [-0.3, -0.25) is 0 Å². The van der Waals surface area contributed by atoms with Crippen LogP contribution in [0.15, 0.2) is 16.6 Å². The van der Waals surface area contributed by atoms with Gasteiger partial charge in [0, 0.05) is 3.57 Å². The van der Waals surface area contributed by atoms with Crippen molar-refractivity contribution < 1.29 is 5.11 Å². The number of halogens is 2. The molecule has 0 fully saturated rings. The lowest BCUT2D eigenvalue weighted by molar-refractivity contribution is 0.474. The van der Waals surface area contributed by atoms with Crippen LogP contribution in [-0.2, 0) is 0 Å². The number of phenolic OH excluding ortho intramolecular Hbond substituents is 1. The van der Waals surface area contributed by atoms with Crippen LogP contribution in [0, 0.1) is 3.57 Å². The zero-order valence-corrected chi connectivity index (χ0v) is 8.68. The molecule has 0 aliphatic heterocycles. The minimum absolute atomic E-state index is 0.118. The lowest BCUT2D eigenvalue weighted by Crippen LogP contribution is -1.89. The summed E-state index contributed by atoms with van der Waals surface area (Å²) in [5.74, 6) is 0.118. The topological polar surface area (TPSA) is 46.2 Å². The van der Waals surface area contributed by atoms with Crippen molar-refractivity contribution in [2.24, 2.45) is 0 Å². The van der Waals surface area contributed by atoms with Gasteiger partial charge in [0.2, 0.25) is 0 Å². The highest BCUT2D eigenvalue weighted by atomic mass is 127. The van der Waals surface area contributed by atoms with E-state index in [0.717, 1.165) is 3.57 Å². The molecule has 1 aromatic carbocycles. The van der Waals surface area contributed by atoms with Crippen LogP contribution in [0.1, 0.15) is 0 Å². The number of rotatable bonds is 0. The van der Waals surface area contributed by atoms with Crippen LogP contribution in [0.5, 0.6) is 5.75 Å². The first kappa shape index (κ1) is 8.13. The minimum Gasteiger partial charge on any atom is -0.505 e. The number of phenols is 1. The van der Waals surface area contributed by atoms with Crippen molar-refractivity contribution in [2.45, 2.75) is 0 Å². The average molecular weight is 314 g/mol. The molecule has 0 aliphatic carbocycles. The summed E-state index contributed by atoms with van der Waals surface area (Å²) >= 11 is 5.21. The number of nitrogen functional groups attached to an aromatic ring is 1. The lowest BCUT2D eigenvalue weighted by Gasteiger charge is -2.01. The van der Waals surface area contributed by atoms with E-state index < -0.39 is 0 Å². The van der Waals surface area contributed by atoms with Crippen molar-refractivity contribution in [1.82, 2.24) is 0 Å². The molecule has 4 heteroatoms. The molecule has 2 nitrogen and oxygen atoms in total. The zero-order chi connectivity index (χ0) is 7.72. The summed E-state index contributed by atoms with van der Waals surface area (Å²) in [7, 11) is 0. The third-order valence-electron chi connectivity index (χ3n) is 1.11. The summed E-state index contributed by atoms with van der Waals surface area (Å²) < 4.78 is 1.49. The van der Waals surface area contributed by atoms with E-state index in [4.69, 9.17) is 5.73 Å². The van der Waals surface area contributed by atoms with Gasteiger partial charge in [0.25, 0.3) is 0 Å². The highest BCUT2D eigenvalue weighted by molar-refractivity contribution is 14.1. The summed E-state index contributed by atoms with van der Waals surface area (Å²) in [4.78, 5) is 0. The monoisotopic (exact) mass is 313 g/mol. The maximum atomic E-state index is 9.21. The van der Waals surface area contributed by atoms with Gasteiger partial charge in [-0.1, -0.05) is 0 Å². The van der Waals surface area contributed by atoms with Crippen LogP contribution >= 0.6 is 38.5 Å². The number of hydrogen-bond donors (Lipinski definition) is 2. The van der Waals surface area contributed by atoms with Gasteiger partial charge in [-0.2, -0.15) is 0 Å². The number of benzene rings is 1. The van der Waals surface area contributed by atoms with Crippen LogP contribution in [-0.4, -0.2) is 5.11 Å². The van der Waals surface area contributed by atoms with Crippen LogP contribution in [0.3, 0.4) is 0 Å². The first-order valence-electron chi connectivity index (χ1n) is 2.55. The Balaban J connectivity index is 3.34. The molecule has 0 saturated carbocycles. The Kier molecular flexibility index (Phi) is 2.40. The molecular weight excluding hydrogens is 309 g/mol. The zero-order valence-electron chi connectivity index (χ0n) is 4.94. The summed E-state index contributed by atoms with van der Waals surface area (Å²) in [6, 6.07) is 3.59. The van der Waals surface area contributed by atoms with E-state index in [2.05, 4.69) is 38.5 Å². The van der Waals surface area contributed by atoms with E-state index in [1.54, 1.807) is 6.07 Å². The molecule has 54 valence electrons. The normalized spacial score (nSPS) is 9.80. The second-order valence-corrected chi connectivity index (χ2v) is 3.81. The molecule has 0 bridgehead atoms. The first-order valence-corrected chi connectivity index (χ1v) is 4.42. The molecule has 1 rings (SSSR count). The number of nitrogens with two attached hydrogens (primary N) is 1. The Morgan fingerprint density at radius 1 is 1.50 bits per heavy atom. The number of aromatic hydroxyl groups is 1. The molecule has 0 unspecified atom stereocenters. The van der Waals surface area contributed by atoms with Gasteiger partial charge in [-0.05, 0) is 50.7 Å². The second kappa shape index (κ2) is 2.96. The van der Waals surface area contributed by atoms with Crippen molar-refractivity contribution in [3.8, 4) is 5.75 Å². The average Bonchev–Trinajstić information content (AvgIpc) is 1.93. The third kappa shape index (κ3) is 1.37. The SMILES string of the molecule is Nc1c(I)ccc(Br)c1O. The van der Waals surface area contributed by atoms with Crippen molar-refractivity contribution in [3.63, 3.8) is 0 Å². The Labute approximate surface area is 80.7 Å². The van der Waals surface area contributed by atoms with Gasteiger partial charge in [0.15, 0.2) is 5.75 Å². The van der Waals surface area contributed by atoms with Crippen LogP contribution in [0.2, 0.25) is 0 Å². The van der Waals surface area contributed by atoms with Crippen LogP contribution in [0.25, 0.3) is 0 Å². The molecule has 3 N–H and O–H groups in total. The summed E-state index contributed by atoms with van der Waals surface area (Å²) in [5.41, 5.74) is 5.92. The van der Waals surface area contributed by atoms with Crippen molar-refractivity contribution in [1.29, 1.82) is 0 Å². The summed E-state index contributed by atoms with van der Waals surface area (Å²) in [5, 5.41) is 9.21. The Hall–Kier alpha value is 0.0300. The molecule has 0 aromatic heterocycles. The van der Waals surface area contributed by atoms with E-state index in [-0.39, 0.29) is 5.75 Å². The molecular formula is C6H5BrINO. The van der Waals surface area contributed by atoms with E-state index in [1.165, 1.54) is 0 Å². The molecule has 0 heterocycles. The molecule has 10 heavy (non-hydrogen) atoms. The summed E-state index contributed by atoms with van der Waals surface area (Å²) in [6.07, 6.45) is 0. The third-order valence-corrected chi connectivity index (χ3v) is 2.70. The molecule has 0 saturated heterocycles. The fraction of sp³-hybridized carbons (Fsp3) is 0. The molecule has 0 amide bonds. The van der Waals surface area contributed by atoms with Gasteiger partial charge >= 0.3 is 0 Å². The number of hydrogen-bond acceptors (Lipinski definition) is 2. The summed E-state index contributed by atoms with van der Waals surface area (Å²) in [6.45, 7) is 0. The predicted octanol–water partition coefficient (Wildman–Crippen LogP) is 2.34. The predicted molar refractivity (Wildman–Crippen MR) is 52.9 cm³/mol. The van der Waals surface area contributed by atoms with Crippen LogP contribution in [0.4, 0.5) is 5.69 Å². The van der Waals surface area contributed by atoms with Crippen molar-refractivity contribution in [2.75, 3.05) is 5.73 Å². The van der Waals surface area contributed by atoms with E-state index in [0.29, 0.717) is 10.2 Å². The molecule has 0 atom stereocenters. The smallest absolute Gasteiger partial charge is 0.153 e. The quantitative estimate of drug-likeness (QED) is 0.439. The van der Waals surface area contributed by atoms with Gasteiger partial charge < -0.3 is 10.8 Å². The van der Waals surface area contributed by atoms with E-state index in [9.17, 15) is 5.11 Å². The van der Waals surface area contributed by atoms with Gasteiger partial charge in [-0.15, -0.1) is 0 Å². The molecule has 0 spiro atoms. The molecule has 0 aliphatic rings. The fourth-order valence-electron chi connectivity index (χ4n) is 0.557. The van der Waals surface area contributed by atoms with E-state index in [1.807, 2.05) is 6.07 Å². The Morgan fingerprint density at radius 3 is 2.60 bits per heavy atom. The first-order chi connectivity index (χ1) is 4.63. The maximum absolute atomic E-state index is 9.21. The maximum Gasteiger partial charge on any atom is 0.153 e. The van der Waals surface area contributed by atoms with Gasteiger partial charge in [-0.25, -0.2) is 0 Å². The molecule has 0 radical (unpaired) electrons. The Bertz CT molecular complexity index is 237. The standard InChI is InChI=1S/C6H5BrINO/c7-3-1-2-4(8)5(9)6(3)10/h1-2,10H,9H2. The lowest BCUT2D eigenvalue weighted by atomic mass is 10.3. The highest BCUT2D eigenvalue weighted by Gasteiger charge is 2.04.